The molecule has 1 unspecified atom stereocenters. The fourth-order valence-corrected chi connectivity index (χ4v) is 2.66. The second-order valence-electron chi connectivity index (χ2n) is 3.45. The van der Waals surface area contributed by atoms with Crippen LogP contribution in [0.1, 0.15) is 0 Å². The molecule has 2 aromatic rings. The van der Waals surface area contributed by atoms with Crippen molar-refractivity contribution in [3.05, 3.63) is 29.6 Å². The second-order valence-corrected chi connectivity index (χ2v) is 5.69. The lowest BCUT2D eigenvalue weighted by molar-refractivity contribution is 0.209. The van der Waals surface area contributed by atoms with Gasteiger partial charge in [0.15, 0.2) is 5.13 Å². The van der Waals surface area contributed by atoms with Crippen molar-refractivity contribution in [2.45, 2.75) is 4.90 Å². The first kappa shape index (κ1) is 12.7. The fraction of sp³-hybridized carbons (Fsp3) is 0.0909. The summed E-state index contributed by atoms with van der Waals surface area (Å²) in [6, 6.07) is 7.21. The molecule has 18 heavy (non-hydrogen) atoms. The minimum atomic E-state index is -1.14. The minimum Gasteiger partial charge on any atom is -0.465 e. The zero-order chi connectivity index (χ0) is 13.1. The zero-order valence-corrected chi connectivity index (χ0v) is 11.0. The van der Waals surface area contributed by atoms with Gasteiger partial charge in [0.1, 0.15) is 0 Å². The Hall–Kier alpha value is -1.73. The van der Waals surface area contributed by atoms with Gasteiger partial charge in [-0.05, 0) is 12.1 Å². The average Bonchev–Trinajstić information content (AvgIpc) is 2.77. The third-order valence-electron chi connectivity index (χ3n) is 2.18. The van der Waals surface area contributed by atoms with Gasteiger partial charge in [0, 0.05) is 32.9 Å². The normalized spacial score (nSPS) is 12.1. The van der Waals surface area contributed by atoms with Crippen molar-refractivity contribution < 1.29 is 14.1 Å². The van der Waals surface area contributed by atoms with Crippen LogP contribution in [0.3, 0.4) is 0 Å². The first-order valence-electron chi connectivity index (χ1n) is 4.95. The maximum Gasteiger partial charge on any atom is 0.410 e. The molecule has 2 rings (SSSR count). The van der Waals surface area contributed by atoms with Crippen LogP contribution < -0.4 is 5.32 Å². The van der Waals surface area contributed by atoms with Crippen LogP contribution in [-0.2, 0) is 10.8 Å². The Balaban J connectivity index is 2.31. The van der Waals surface area contributed by atoms with E-state index in [1.54, 1.807) is 29.8 Å². The van der Waals surface area contributed by atoms with E-state index in [1.165, 1.54) is 11.3 Å². The smallest absolute Gasteiger partial charge is 0.410 e. The van der Waals surface area contributed by atoms with Crippen molar-refractivity contribution in [1.82, 2.24) is 4.98 Å². The Bertz CT molecular complexity index is 610. The highest BCUT2D eigenvalue weighted by atomic mass is 32.2. The molecular weight excluding hydrogens is 272 g/mol. The van der Waals surface area contributed by atoms with Gasteiger partial charge in [-0.25, -0.2) is 9.78 Å². The lowest BCUT2D eigenvalue weighted by Crippen LogP contribution is -2.06. The highest BCUT2D eigenvalue weighted by Crippen LogP contribution is 2.26. The van der Waals surface area contributed by atoms with E-state index in [4.69, 9.17) is 5.11 Å². The van der Waals surface area contributed by atoms with Gasteiger partial charge in [-0.15, -0.1) is 11.3 Å². The molecular formula is C11H10N2O3S2. The molecule has 0 radical (unpaired) electrons. The molecule has 1 aromatic carbocycles. The molecule has 1 atom stereocenters. The van der Waals surface area contributed by atoms with E-state index >= 15 is 0 Å². The summed E-state index contributed by atoms with van der Waals surface area (Å²) in [6.45, 7) is 0. The first-order valence-corrected chi connectivity index (χ1v) is 7.39. The van der Waals surface area contributed by atoms with E-state index in [-0.39, 0.29) is 0 Å². The van der Waals surface area contributed by atoms with Gasteiger partial charge in [-0.1, -0.05) is 12.1 Å². The molecule has 0 saturated heterocycles. The van der Waals surface area contributed by atoms with Gasteiger partial charge in [-0.3, -0.25) is 9.53 Å². The van der Waals surface area contributed by atoms with E-state index in [9.17, 15) is 9.00 Å². The minimum absolute atomic E-state index is 0.320. The molecule has 0 spiro atoms. The van der Waals surface area contributed by atoms with Crippen molar-refractivity contribution in [2.24, 2.45) is 0 Å². The summed E-state index contributed by atoms with van der Waals surface area (Å²) in [5, 5.41) is 12.8. The number of hydrogen-bond donors (Lipinski definition) is 2. The molecule has 1 amide bonds. The summed E-state index contributed by atoms with van der Waals surface area (Å²) in [4.78, 5) is 15.3. The summed E-state index contributed by atoms with van der Waals surface area (Å²) in [6.07, 6.45) is 0.469. The van der Waals surface area contributed by atoms with E-state index in [2.05, 4.69) is 10.3 Å². The molecule has 5 nitrogen and oxygen atoms in total. The fourth-order valence-electron chi connectivity index (χ4n) is 1.39. The zero-order valence-electron chi connectivity index (χ0n) is 9.41. The monoisotopic (exact) mass is 282 g/mol. The molecule has 0 aliphatic rings. The van der Waals surface area contributed by atoms with Gasteiger partial charge >= 0.3 is 6.09 Å². The quantitative estimate of drug-likeness (QED) is 0.907. The Morgan fingerprint density at radius 3 is 2.94 bits per heavy atom. The number of thiazole rings is 1. The number of carbonyl (C=O) groups is 1. The Kier molecular flexibility index (Phi) is 3.73. The average molecular weight is 282 g/mol. The Morgan fingerprint density at radius 2 is 2.28 bits per heavy atom. The number of carboxylic acid groups (broad SMARTS) is 1. The summed E-state index contributed by atoms with van der Waals surface area (Å²) >= 11 is 1.21. The number of nitrogens with zero attached hydrogens (tertiary/aromatic N) is 1. The Labute approximate surface area is 110 Å². The molecule has 0 saturated carbocycles. The molecule has 7 heteroatoms. The number of amides is 1. The van der Waals surface area contributed by atoms with Crippen LogP contribution in [0.5, 0.6) is 0 Å². The number of benzene rings is 1. The summed E-state index contributed by atoms with van der Waals surface area (Å²) in [5.74, 6) is 0. The van der Waals surface area contributed by atoms with Crippen LogP contribution in [0.25, 0.3) is 11.3 Å². The standard InChI is InChI=1S/C11H10N2O3S2/c1-18(16)8-4-2-3-7(5-8)9-6-17-10(12-9)13-11(14)15/h2-6H,1H3,(H,12,13)(H,14,15). The van der Waals surface area contributed by atoms with Gasteiger partial charge in [0.2, 0.25) is 0 Å². The SMILES string of the molecule is CS(=O)c1cccc(-c2csc(NC(=O)O)n2)c1. The number of hydrogen-bond acceptors (Lipinski definition) is 4. The largest absolute Gasteiger partial charge is 0.465 e. The maximum atomic E-state index is 11.4. The summed E-state index contributed by atoms with van der Waals surface area (Å²) in [7, 11) is -1.05. The van der Waals surface area contributed by atoms with Gasteiger partial charge in [0.05, 0.1) is 5.69 Å². The highest BCUT2D eigenvalue weighted by Gasteiger charge is 2.07. The van der Waals surface area contributed by atoms with E-state index in [0.717, 1.165) is 5.56 Å². The molecule has 0 aliphatic heterocycles. The maximum absolute atomic E-state index is 11.4. The molecule has 0 bridgehead atoms. The molecule has 2 N–H and O–H groups in total. The lowest BCUT2D eigenvalue weighted by atomic mass is 10.2. The predicted molar refractivity (Wildman–Crippen MR) is 71.5 cm³/mol. The number of nitrogens with one attached hydrogen (secondary N) is 1. The van der Waals surface area contributed by atoms with Gasteiger partial charge < -0.3 is 5.11 Å². The number of anilines is 1. The van der Waals surface area contributed by atoms with Crippen molar-refractivity contribution in [3.8, 4) is 11.3 Å². The molecule has 0 fully saturated rings. The van der Waals surface area contributed by atoms with Crippen LogP contribution in [0.2, 0.25) is 0 Å². The van der Waals surface area contributed by atoms with Gasteiger partial charge in [-0.2, -0.15) is 0 Å². The molecule has 1 aromatic heterocycles. The first-order chi connectivity index (χ1) is 8.56. The van der Waals surface area contributed by atoms with Crippen LogP contribution in [0.4, 0.5) is 9.93 Å². The van der Waals surface area contributed by atoms with Crippen LogP contribution in [0, 0.1) is 0 Å². The van der Waals surface area contributed by atoms with E-state index in [1.807, 2.05) is 6.07 Å². The second kappa shape index (κ2) is 5.28. The van der Waals surface area contributed by atoms with Crippen LogP contribution in [0.15, 0.2) is 34.5 Å². The highest BCUT2D eigenvalue weighted by molar-refractivity contribution is 7.84. The van der Waals surface area contributed by atoms with E-state index < -0.39 is 16.9 Å². The third-order valence-corrected chi connectivity index (χ3v) is 3.86. The third kappa shape index (κ3) is 2.93. The predicted octanol–water partition coefficient (Wildman–Crippen LogP) is 2.64. The summed E-state index contributed by atoms with van der Waals surface area (Å²) in [5.41, 5.74) is 1.48. The van der Waals surface area contributed by atoms with E-state index in [0.29, 0.717) is 15.7 Å². The Morgan fingerprint density at radius 1 is 1.50 bits per heavy atom. The van der Waals surface area contributed by atoms with Crippen molar-refractivity contribution >= 4 is 33.4 Å². The topological polar surface area (TPSA) is 79.3 Å². The number of rotatable bonds is 3. The van der Waals surface area contributed by atoms with Crippen molar-refractivity contribution in [3.63, 3.8) is 0 Å². The van der Waals surface area contributed by atoms with Gasteiger partial charge in [0.25, 0.3) is 0 Å². The molecule has 94 valence electrons. The lowest BCUT2D eigenvalue weighted by Gasteiger charge is -2.00. The summed E-state index contributed by atoms with van der Waals surface area (Å²) < 4.78 is 11.4. The number of aromatic nitrogens is 1. The van der Waals surface area contributed by atoms with Crippen molar-refractivity contribution in [1.29, 1.82) is 0 Å². The molecule has 1 heterocycles. The van der Waals surface area contributed by atoms with Crippen LogP contribution in [-0.4, -0.2) is 26.6 Å². The van der Waals surface area contributed by atoms with Crippen LogP contribution >= 0.6 is 11.3 Å². The van der Waals surface area contributed by atoms with Crippen molar-refractivity contribution in [2.75, 3.05) is 11.6 Å². The molecule has 0 aliphatic carbocycles.